The maximum absolute atomic E-state index is 9.94. The second kappa shape index (κ2) is 6.55. The van der Waals surface area contributed by atoms with Gasteiger partial charge < -0.3 is 15.2 Å². The molecule has 0 saturated carbocycles. The number of benzene rings is 1. The van der Waals surface area contributed by atoms with Crippen LogP contribution in [-0.4, -0.2) is 24.9 Å². The predicted molar refractivity (Wildman–Crippen MR) is 77.9 cm³/mol. The molecule has 1 aromatic carbocycles. The third-order valence-electron chi connectivity index (χ3n) is 2.90. The van der Waals surface area contributed by atoms with Gasteiger partial charge in [0.2, 0.25) is 0 Å². The van der Waals surface area contributed by atoms with Crippen molar-refractivity contribution in [1.82, 2.24) is 5.32 Å². The summed E-state index contributed by atoms with van der Waals surface area (Å²) in [5.74, 6) is 0.857. The highest BCUT2D eigenvalue weighted by atomic mass is 79.9. The molecule has 0 aliphatic heterocycles. The zero-order chi connectivity index (χ0) is 13.8. The molecule has 0 amide bonds. The Kier molecular flexibility index (Phi) is 5.63. The fourth-order valence-electron chi connectivity index (χ4n) is 1.54. The number of methoxy groups -OCH3 is 1. The molecule has 0 heterocycles. The third kappa shape index (κ3) is 4.59. The van der Waals surface area contributed by atoms with Crippen molar-refractivity contribution in [3.8, 4) is 5.75 Å². The molecule has 1 atom stereocenters. The van der Waals surface area contributed by atoms with Crippen molar-refractivity contribution >= 4 is 15.9 Å². The van der Waals surface area contributed by atoms with Crippen molar-refractivity contribution in [1.29, 1.82) is 0 Å². The molecule has 0 fully saturated rings. The van der Waals surface area contributed by atoms with E-state index in [0.717, 1.165) is 15.8 Å². The first-order chi connectivity index (χ1) is 8.34. The summed E-state index contributed by atoms with van der Waals surface area (Å²) in [6.45, 7) is 7.33. The van der Waals surface area contributed by atoms with E-state index in [4.69, 9.17) is 4.74 Å². The first kappa shape index (κ1) is 15.5. The quantitative estimate of drug-likeness (QED) is 0.877. The van der Waals surface area contributed by atoms with Crippen molar-refractivity contribution in [2.24, 2.45) is 5.41 Å². The fraction of sp³-hybridized carbons (Fsp3) is 0.571. The van der Waals surface area contributed by atoms with E-state index in [1.54, 1.807) is 7.11 Å². The summed E-state index contributed by atoms with van der Waals surface area (Å²) in [6, 6.07) is 5.91. The van der Waals surface area contributed by atoms with Gasteiger partial charge in [0.05, 0.1) is 13.2 Å². The van der Waals surface area contributed by atoms with Gasteiger partial charge in [-0.05, 0) is 23.6 Å². The first-order valence-corrected chi connectivity index (χ1v) is 6.85. The maximum Gasteiger partial charge on any atom is 0.123 e. The smallest absolute Gasteiger partial charge is 0.123 e. The SMILES string of the molecule is COc1ccc(Br)cc1CNCC(O)C(C)(C)C. The zero-order valence-corrected chi connectivity index (χ0v) is 13.0. The van der Waals surface area contributed by atoms with Crippen LogP contribution in [0.15, 0.2) is 22.7 Å². The molecular weight excluding hydrogens is 294 g/mol. The summed E-state index contributed by atoms with van der Waals surface area (Å²) in [5, 5.41) is 13.2. The van der Waals surface area contributed by atoms with Gasteiger partial charge in [-0.1, -0.05) is 36.7 Å². The number of hydrogen-bond acceptors (Lipinski definition) is 3. The van der Waals surface area contributed by atoms with Crippen LogP contribution in [0.25, 0.3) is 0 Å². The van der Waals surface area contributed by atoms with E-state index in [9.17, 15) is 5.11 Å². The van der Waals surface area contributed by atoms with E-state index in [1.807, 2.05) is 39.0 Å². The van der Waals surface area contributed by atoms with Crippen LogP contribution in [0.3, 0.4) is 0 Å². The summed E-state index contributed by atoms with van der Waals surface area (Å²) < 4.78 is 6.33. The number of aliphatic hydroxyl groups excluding tert-OH is 1. The van der Waals surface area contributed by atoms with Gasteiger partial charge in [-0.15, -0.1) is 0 Å². The van der Waals surface area contributed by atoms with E-state index in [1.165, 1.54) is 0 Å². The molecule has 0 saturated heterocycles. The van der Waals surface area contributed by atoms with Crippen LogP contribution in [0.4, 0.5) is 0 Å². The summed E-state index contributed by atoms with van der Waals surface area (Å²) in [7, 11) is 1.66. The molecule has 102 valence electrons. The number of ether oxygens (including phenoxy) is 1. The van der Waals surface area contributed by atoms with Crippen LogP contribution in [-0.2, 0) is 6.54 Å². The van der Waals surface area contributed by atoms with E-state index in [0.29, 0.717) is 13.1 Å². The van der Waals surface area contributed by atoms with Gasteiger partial charge in [0.25, 0.3) is 0 Å². The number of aliphatic hydroxyl groups is 1. The Bertz CT molecular complexity index is 388. The van der Waals surface area contributed by atoms with E-state index in [-0.39, 0.29) is 11.5 Å². The molecule has 1 aromatic rings. The number of halogens is 1. The van der Waals surface area contributed by atoms with E-state index >= 15 is 0 Å². The molecule has 0 aliphatic rings. The standard InChI is InChI=1S/C14H22BrNO2/c1-14(2,3)13(17)9-16-8-10-7-11(15)5-6-12(10)18-4/h5-7,13,16-17H,8-9H2,1-4H3. The Hall–Kier alpha value is -0.580. The number of nitrogens with one attached hydrogen (secondary N) is 1. The molecule has 1 unspecified atom stereocenters. The Morgan fingerprint density at radius 3 is 2.61 bits per heavy atom. The van der Waals surface area contributed by atoms with Crippen LogP contribution in [0.5, 0.6) is 5.75 Å². The van der Waals surface area contributed by atoms with Crippen LogP contribution in [0, 0.1) is 5.41 Å². The van der Waals surface area contributed by atoms with Crippen molar-refractivity contribution in [2.45, 2.75) is 33.4 Å². The molecule has 1 rings (SSSR count). The molecule has 0 radical (unpaired) electrons. The summed E-state index contributed by atoms with van der Waals surface area (Å²) in [4.78, 5) is 0. The van der Waals surface area contributed by atoms with Gasteiger partial charge in [-0.25, -0.2) is 0 Å². The topological polar surface area (TPSA) is 41.5 Å². The lowest BCUT2D eigenvalue weighted by molar-refractivity contribution is 0.0627. The van der Waals surface area contributed by atoms with Crippen molar-refractivity contribution in [3.63, 3.8) is 0 Å². The highest BCUT2D eigenvalue weighted by Crippen LogP contribution is 2.23. The van der Waals surface area contributed by atoms with Crippen molar-refractivity contribution < 1.29 is 9.84 Å². The maximum atomic E-state index is 9.94. The third-order valence-corrected chi connectivity index (χ3v) is 3.39. The molecule has 4 heteroatoms. The molecule has 0 spiro atoms. The summed E-state index contributed by atoms with van der Waals surface area (Å²) >= 11 is 3.45. The largest absolute Gasteiger partial charge is 0.496 e. The lowest BCUT2D eigenvalue weighted by Crippen LogP contribution is -2.36. The molecule has 18 heavy (non-hydrogen) atoms. The zero-order valence-electron chi connectivity index (χ0n) is 11.5. The molecule has 3 nitrogen and oxygen atoms in total. The molecule has 0 bridgehead atoms. The fourth-order valence-corrected chi connectivity index (χ4v) is 1.94. The predicted octanol–water partition coefficient (Wildman–Crippen LogP) is 2.95. The minimum absolute atomic E-state index is 0.103. The lowest BCUT2D eigenvalue weighted by atomic mass is 9.89. The Labute approximate surface area is 118 Å². The average molecular weight is 316 g/mol. The minimum atomic E-state index is -0.365. The van der Waals surface area contributed by atoms with Gasteiger partial charge in [0, 0.05) is 23.1 Å². The molecular formula is C14H22BrNO2. The highest BCUT2D eigenvalue weighted by Gasteiger charge is 2.21. The van der Waals surface area contributed by atoms with Gasteiger partial charge in [-0.3, -0.25) is 0 Å². The summed E-state index contributed by atoms with van der Waals surface area (Å²) in [6.07, 6.45) is -0.365. The Balaban J connectivity index is 2.56. The van der Waals surface area contributed by atoms with Crippen LogP contribution < -0.4 is 10.1 Å². The summed E-state index contributed by atoms with van der Waals surface area (Å²) in [5.41, 5.74) is 0.974. The Morgan fingerprint density at radius 2 is 2.06 bits per heavy atom. The lowest BCUT2D eigenvalue weighted by Gasteiger charge is -2.26. The first-order valence-electron chi connectivity index (χ1n) is 6.06. The minimum Gasteiger partial charge on any atom is -0.496 e. The van der Waals surface area contributed by atoms with Crippen LogP contribution >= 0.6 is 15.9 Å². The monoisotopic (exact) mass is 315 g/mol. The van der Waals surface area contributed by atoms with Gasteiger partial charge in [0.1, 0.15) is 5.75 Å². The second-order valence-electron chi connectivity index (χ2n) is 5.47. The number of rotatable bonds is 5. The molecule has 2 N–H and O–H groups in total. The Morgan fingerprint density at radius 1 is 1.39 bits per heavy atom. The normalized spacial score (nSPS) is 13.4. The average Bonchev–Trinajstić information content (AvgIpc) is 2.28. The van der Waals surface area contributed by atoms with E-state index < -0.39 is 0 Å². The van der Waals surface area contributed by atoms with Crippen LogP contribution in [0.1, 0.15) is 26.3 Å². The number of hydrogen-bond donors (Lipinski definition) is 2. The van der Waals surface area contributed by atoms with Gasteiger partial charge >= 0.3 is 0 Å². The molecule has 0 aliphatic carbocycles. The van der Waals surface area contributed by atoms with Crippen molar-refractivity contribution in [2.75, 3.05) is 13.7 Å². The highest BCUT2D eigenvalue weighted by molar-refractivity contribution is 9.10. The van der Waals surface area contributed by atoms with E-state index in [2.05, 4.69) is 21.2 Å². The molecule has 0 aromatic heterocycles. The second-order valence-corrected chi connectivity index (χ2v) is 6.38. The van der Waals surface area contributed by atoms with Gasteiger partial charge in [-0.2, -0.15) is 0 Å². The van der Waals surface area contributed by atoms with Crippen molar-refractivity contribution in [3.05, 3.63) is 28.2 Å². The van der Waals surface area contributed by atoms with Crippen LogP contribution in [0.2, 0.25) is 0 Å². The van der Waals surface area contributed by atoms with Gasteiger partial charge in [0.15, 0.2) is 0 Å².